The highest BCUT2D eigenvalue weighted by Crippen LogP contribution is 2.31. The molecule has 0 saturated carbocycles. The lowest BCUT2D eigenvalue weighted by Gasteiger charge is -2.20. The maximum absolute atomic E-state index is 12.8. The van der Waals surface area contributed by atoms with Crippen LogP contribution in [0.3, 0.4) is 0 Å². The second kappa shape index (κ2) is 9.01. The Morgan fingerprint density at radius 3 is 2.62 bits per heavy atom. The number of aliphatic hydroxyl groups excluding tert-OH is 1. The average Bonchev–Trinajstić information content (AvgIpc) is 3.20. The summed E-state index contributed by atoms with van der Waals surface area (Å²) in [5.74, 6) is 0.000787. The number of amides is 1. The third kappa shape index (κ3) is 5.27. The van der Waals surface area contributed by atoms with Gasteiger partial charge in [0.25, 0.3) is 5.91 Å². The van der Waals surface area contributed by atoms with Gasteiger partial charge in [-0.1, -0.05) is 0 Å². The number of pyridine rings is 1. The van der Waals surface area contributed by atoms with Crippen LogP contribution < -0.4 is 15.0 Å². The maximum Gasteiger partial charge on any atom is 0.487 e. The fourth-order valence-electron chi connectivity index (χ4n) is 3.34. The van der Waals surface area contributed by atoms with Crippen molar-refractivity contribution in [1.82, 2.24) is 15.0 Å². The molecule has 1 unspecified atom stereocenters. The number of aromatic nitrogens is 3. The summed E-state index contributed by atoms with van der Waals surface area (Å²) in [6.07, 6.45) is 6.26. The van der Waals surface area contributed by atoms with Crippen molar-refractivity contribution in [1.29, 1.82) is 0 Å². The van der Waals surface area contributed by atoms with Crippen LogP contribution in [0.4, 0.5) is 20.3 Å². The van der Waals surface area contributed by atoms with Crippen LogP contribution in [0.25, 0.3) is 11.3 Å². The summed E-state index contributed by atoms with van der Waals surface area (Å²) in [7, 11) is 0. The molecular formula is C21H18ClF2N5O3. The zero-order valence-corrected chi connectivity index (χ0v) is 17.3. The van der Waals surface area contributed by atoms with Crippen molar-refractivity contribution < 1.29 is 23.4 Å². The van der Waals surface area contributed by atoms with Crippen LogP contribution in [0.15, 0.2) is 55.1 Å². The smallest absolute Gasteiger partial charge is 0.420 e. The number of carbonyl (C=O) groups is 1. The van der Waals surface area contributed by atoms with Crippen molar-refractivity contribution in [2.24, 2.45) is 0 Å². The predicted molar refractivity (Wildman–Crippen MR) is 114 cm³/mol. The Bertz CT molecular complexity index is 1100. The van der Waals surface area contributed by atoms with Gasteiger partial charge in [-0.25, -0.2) is 4.98 Å². The summed E-state index contributed by atoms with van der Waals surface area (Å²) >= 11 is 4.75. The van der Waals surface area contributed by atoms with Gasteiger partial charge in [-0.05, 0) is 36.8 Å². The number of aliphatic hydroxyl groups is 1. The number of hydrogen-bond acceptors (Lipinski definition) is 7. The Hall–Kier alpha value is -3.37. The average molecular weight is 462 g/mol. The lowest BCUT2D eigenvalue weighted by atomic mass is 10.1. The van der Waals surface area contributed by atoms with E-state index in [4.69, 9.17) is 11.6 Å². The summed E-state index contributed by atoms with van der Waals surface area (Å²) in [6, 6.07) is 6.99. The first-order valence-corrected chi connectivity index (χ1v) is 10.0. The molecule has 3 aromatic rings. The van der Waals surface area contributed by atoms with E-state index in [0.717, 1.165) is 0 Å². The minimum Gasteiger partial charge on any atom is -0.420 e. The van der Waals surface area contributed by atoms with E-state index in [0.29, 0.717) is 42.3 Å². The fourth-order valence-corrected chi connectivity index (χ4v) is 3.43. The third-order valence-corrected chi connectivity index (χ3v) is 4.85. The number of halogens is 3. The number of anilines is 2. The molecule has 2 aromatic heterocycles. The molecule has 4 rings (SSSR count). The van der Waals surface area contributed by atoms with Crippen LogP contribution in [-0.4, -0.2) is 50.7 Å². The van der Waals surface area contributed by atoms with Gasteiger partial charge in [0, 0.05) is 54.5 Å². The number of nitrogens with zero attached hydrogens (tertiary/aromatic N) is 4. The summed E-state index contributed by atoms with van der Waals surface area (Å²) in [5, 5.41) is 12.6. The van der Waals surface area contributed by atoms with E-state index in [9.17, 15) is 18.7 Å². The highest BCUT2D eigenvalue weighted by atomic mass is 35.5. The molecule has 1 atom stereocenters. The van der Waals surface area contributed by atoms with Crippen molar-refractivity contribution in [3.63, 3.8) is 0 Å². The zero-order chi connectivity index (χ0) is 22.7. The van der Waals surface area contributed by atoms with Gasteiger partial charge < -0.3 is 20.1 Å². The number of alkyl halides is 3. The highest BCUT2D eigenvalue weighted by Gasteiger charge is 2.28. The van der Waals surface area contributed by atoms with E-state index in [1.54, 1.807) is 24.7 Å². The third-order valence-electron chi connectivity index (χ3n) is 4.78. The Kier molecular flexibility index (Phi) is 6.15. The van der Waals surface area contributed by atoms with Gasteiger partial charge in [-0.15, -0.1) is 8.78 Å². The predicted octanol–water partition coefficient (Wildman–Crippen LogP) is 3.53. The number of ether oxygens (including phenoxy) is 1. The second-order valence-corrected chi connectivity index (χ2v) is 7.54. The van der Waals surface area contributed by atoms with Gasteiger partial charge in [0.05, 0.1) is 23.6 Å². The molecule has 1 amide bonds. The van der Waals surface area contributed by atoms with Crippen LogP contribution in [-0.2, 0) is 0 Å². The Labute approximate surface area is 186 Å². The molecule has 1 saturated heterocycles. The summed E-state index contributed by atoms with van der Waals surface area (Å²) in [5.41, 5.74) is -2.04. The topological polar surface area (TPSA) is 100 Å². The van der Waals surface area contributed by atoms with Gasteiger partial charge in [0.1, 0.15) is 11.6 Å². The summed E-state index contributed by atoms with van der Waals surface area (Å²) < 4.78 is 29.7. The van der Waals surface area contributed by atoms with E-state index in [1.807, 2.05) is 4.90 Å². The highest BCUT2D eigenvalue weighted by molar-refractivity contribution is 6.20. The first kappa shape index (κ1) is 21.8. The lowest BCUT2D eigenvalue weighted by Crippen LogP contribution is -2.23. The fraction of sp³-hybridized carbons (Fsp3) is 0.238. The van der Waals surface area contributed by atoms with Crippen molar-refractivity contribution >= 4 is 29.0 Å². The van der Waals surface area contributed by atoms with Gasteiger partial charge >= 0.3 is 5.57 Å². The molecule has 0 aliphatic carbocycles. The van der Waals surface area contributed by atoms with Crippen LogP contribution in [0.2, 0.25) is 0 Å². The maximum atomic E-state index is 12.8. The minimum absolute atomic E-state index is 0.147. The molecule has 1 fully saturated rings. The molecule has 166 valence electrons. The van der Waals surface area contributed by atoms with E-state index >= 15 is 0 Å². The van der Waals surface area contributed by atoms with Crippen LogP contribution in [0.5, 0.6) is 5.75 Å². The lowest BCUT2D eigenvalue weighted by molar-refractivity contribution is -0.0964. The quantitative estimate of drug-likeness (QED) is 0.541. The SMILES string of the molecule is O=C(Nc1ccc(OC(F)(F)Cl)cc1)c1cnc(N2CCC(O)C2)c(-c2cnccn2)c1. The van der Waals surface area contributed by atoms with E-state index in [-0.39, 0.29) is 11.3 Å². The van der Waals surface area contributed by atoms with Crippen LogP contribution >= 0.6 is 11.6 Å². The van der Waals surface area contributed by atoms with E-state index in [2.05, 4.69) is 25.0 Å². The molecule has 8 nitrogen and oxygen atoms in total. The molecule has 1 aliphatic heterocycles. The molecule has 0 radical (unpaired) electrons. The summed E-state index contributed by atoms with van der Waals surface area (Å²) in [4.78, 5) is 27.6. The van der Waals surface area contributed by atoms with Crippen LogP contribution in [0, 0.1) is 0 Å². The molecule has 0 bridgehead atoms. The molecule has 1 aliphatic rings. The van der Waals surface area contributed by atoms with Crippen molar-refractivity contribution in [2.45, 2.75) is 18.1 Å². The van der Waals surface area contributed by atoms with Crippen molar-refractivity contribution in [3.8, 4) is 17.0 Å². The van der Waals surface area contributed by atoms with Gasteiger partial charge in [-0.3, -0.25) is 14.8 Å². The largest absolute Gasteiger partial charge is 0.487 e. The van der Waals surface area contributed by atoms with Crippen molar-refractivity contribution in [3.05, 3.63) is 60.7 Å². The van der Waals surface area contributed by atoms with Gasteiger partial charge in [-0.2, -0.15) is 0 Å². The number of carbonyl (C=O) groups excluding carboxylic acids is 1. The number of β-amino-alcohol motifs (C(OH)–C–C–N with tert-alkyl or cyclic N) is 1. The Morgan fingerprint density at radius 2 is 2.00 bits per heavy atom. The van der Waals surface area contributed by atoms with E-state index < -0.39 is 17.6 Å². The zero-order valence-electron chi connectivity index (χ0n) is 16.6. The molecule has 3 heterocycles. The van der Waals surface area contributed by atoms with E-state index in [1.165, 1.54) is 30.5 Å². The number of hydrogen-bond donors (Lipinski definition) is 2. The van der Waals surface area contributed by atoms with Gasteiger partial charge in [0.2, 0.25) is 0 Å². The van der Waals surface area contributed by atoms with Crippen molar-refractivity contribution in [2.75, 3.05) is 23.3 Å². The molecule has 2 N–H and O–H groups in total. The Morgan fingerprint density at radius 1 is 1.22 bits per heavy atom. The first-order valence-electron chi connectivity index (χ1n) is 9.65. The van der Waals surface area contributed by atoms with Gasteiger partial charge in [0.15, 0.2) is 0 Å². The molecule has 1 aromatic carbocycles. The number of benzene rings is 1. The molecule has 0 spiro atoms. The normalized spacial score (nSPS) is 16.1. The standard InChI is InChI=1S/C21H18ClF2N5O3/c22-21(23,24)32-16-3-1-14(2-4-16)28-20(31)13-9-17(18-11-25-6-7-26-18)19(27-10-13)29-8-5-15(30)12-29/h1-4,6-7,9-11,15,30H,5,8,12H2,(H,28,31). The molecule has 32 heavy (non-hydrogen) atoms. The molecule has 11 heteroatoms. The van der Waals surface area contributed by atoms with Crippen LogP contribution in [0.1, 0.15) is 16.8 Å². The summed E-state index contributed by atoms with van der Waals surface area (Å²) in [6.45, 7) is 1.06. The Balaban J connectivity index is 1.57. The first-order chi connectivity index (χ1) is 15.3. The number of nitrogens with one attached hydrogen (secondary N) is 1. The number of rotatable bonds is 6. The second-order valence-electron chi connectivity index (χ2n) is 7.10. The molecular weight excluding hydrogens is 444 g/mol. The minimum atomic E-state index is -3.82. The monoisotopic (exact) mass is 461 g/mol.